The van der Waals surface area contributed by atoms with E-state index in [9.17, 15) is 4.79 Å². The predicted molar refractivity (Wildman–Crippen MR) is 70.3 cm³/mol. The van der Waals surface area contributed by atoms with Crippen molar-refractivity contribution in [3.8, 4) is 0 Å². The highest BCUT2D eigenvalue weighted by atomic mass is 35.5. The van der Waals surface area contributed by atoms with Crippen LogP contribution < -0.4 is 0 Å². The molecule has 0 saturated carbocycles. The topological polar surface area (TPSA) is 26.3 Å². The third-order valence-electron chi connectivity index (χ3n) is 2.77. The Balaban J connectivity index is 2.43. The van der Waals surface area contributed by atoms with Crippen LogP contribution in [0.5, 0.6) is 0 Å². The average Bonchev–Trinajstić information content (AvgIpc) is 2.38. The van der Waals surface area contributed by atoms with Gasteiger partial charge in [0, 0.05) is 6.42 Å². The fourth-order valence-corrected chi connectivity index (χ4v) is 1.81. The summed E-state index contributed by atoms with van der Waals surface area (Å²) < 4.78 is 4.60. The Labute approximate surface area is 108 Å². The number of esters is 1. The van der Waals surface area contributed by atoms with E-state index in [4.69, 9.17) is 11.6 Å². The Morgan fingerprint density at radius 2 is 2.00 bits per heavy atom. The van der Waals surface area contributed by atoms with Crippen molar-refractivity contribution in [3.63, 3.8) is 0 Å². The summed E-state index contributed by atoms with van der Waals surface area (Å²) in [6.45, 7) is 2.07. The molecule has 0 N–H and O–H groups in total. The van der Waals surface area contributed by atoms with E-state index in [0.717, 1.165) is 24.8 Å². The summed E-state index contributed by atoms with van der Waals surface area (Å²) in [6.07, 6.45) is 3.13. The number of aryl methyl sites for hydroxylation is 1. The molecule has 1 rings (SSSR count). The molecule has 17 heavy (non-hydrogen) atoms. The first kappa shape index (κ1) is 14.0. The molecule has 0 aliphatic rings. The van der Waals surface area contributed by atoms with Gasteiger partial charge in [0.15, 0.2) is 0 Å². The number of benzene rings is 1. The Morgan fingerprint density at radius 1 is 1.35 bits per heavy atom. The quantitative estimate of drug-likeness (QED) is 0.569. The highest BCUT2D eigenvalue weighted by Gasteiger charge is 2.05. The van der Waals surface area contributed by atoms with Crippen molar-refractivity contribution in [1.82, 2.24) is 0 Å². The number of hydrogen-bond acceptors (Lipinski definition) is 2. The molecule has 2 nitrogen and oxygen atoms in total. The minimum absolute atomic E-state index is 0.0964. The molecule has 1 unspecified atom stereocenters. The van der Waals surface area contributed by atoms with Crippen molar-refractivity contribution < 1.29 is 9.53 Å². The van der Waals surface area contributed by atoms with Crippen molar-refractivity contribution in [1.29, 1.82) is 0 Å². The summed E-state index contributed by atoms with van der Waals surface area (Å²) in [5.41, 5.74) is 2.39. The highest BCUT2D eigenvalue weighted by molar-refractivity contribution is 6.20. The maximum Gasteiger partial charge on any atom is 0.305 e. The van der Waals surface area contributed by atoms with Crippen LogP contribution in [0.4, 0.5) is 0 Å². The molecule has 0 radical (unpaired) electrons. The number of methoxy groups -OCH3 is 1. The molecule has 0 fully saturated rings. The van der Waals surface area contributed by atoms with Gasteiger partial charge in [-0.2, -0.15) is 0 Å². The van der Waals surface area contributed by atoms with Crippen molar-refractivity contribution in [2.75, 3.05) is 7.11 Å². The molecular weight excluding hydrogens is 236 g/mol. The van der Waals surface area contributed by atoms with Crippen LogP contribution in [-0.4, -0.2) is 13.1 Å². The molecule has 1 atom stereocenters. The Kier molecular flexibility index (Phi) is 6.06. The van der Waals surface area contributed by atoms with Gasteiger partial charge >= 0.3 is 5.97 Å². The lowest BCUT2D eigenvalue weighted by Gasteiger charge is -2.07. The van der Waals surface area contributed by atoms with E-state index in [2.05, 4.69) is 35.9 Å². The third kappa shape index (κ3) is 4.78. The molecule has 0 heterocycles. The van der Waals surface area contributed by atoms with Crippen molar-refractivity contribution in [3.05, 3.63) is 35.4 Å². The van der Waals surface area contributed by atoms with Crippen LogP contribution in [0.3, 0.4) is 0 Å². The van der Waals surface area contributed by atoms with Crippen LogP contribution in [-0.2, 0) is 16.0 Å². The smallest absolute Gasteiger partial charge is 0.305 e. The minimum Gasteiger partial charge on any atom is -0.469 e. The molecule has 0 bridgehead atoms. The second-order valence-electron chi connectivity index (χ2n) is 4.05. The summed E-state index contributed by atoms with van der Waals surface area (Å²) in [7, 11) is 1.42. The van der Waals surface area contributed by atoms with Crippen LogP contribution >= 0.6 is 11.6 Å². The maximum absolute atomic E-state index is 10.9. The van der Waals surface area contributed by atoms with E-state index in [1.54, 1.807) is 0 Å². The lowest BCUT2D eigenvalue weighted by atomic mass is 10.0. The zero-order chi connectivity index (χ0) is 12.7. The number of carbonyl (C=O) groups is 1. The zero-order valence-corrected chi connectivity index (χ0v) is 11.2. The first-order valence-corrected chi connectivity index (χ1v) is 6.40. The molecule has 0 amide bonds. The first-order valence-electron chi connectivity index (χ1n) is 5.97. The van der Waals surface area contributed by atoms with Gasteiger partial charge in [0.25, 0.3) is 0 Å². The molecule has 0 spiro atoms. The lowest BCUT2D eigenvalue weighted by molar-refractivity contribution is -0.140. The molecule has 94 valence electrons. The normalized spacial score (nSPS) is 12.2. The molecular formula is C14H19ClO2. The Bertz CT molecular complexity index is 346. The molecule has 0 aliphatic carbocycles. The number of ether oxygens (including phenoxy) is 1. The SMILES string of the molecule is CCC(Cl)c1ccc(CCCC(=O)OC)cc1. The van der Waals surface area contributed by atoms with Crippen molar-refractivity contribution >= 4 is 17.6 Å². The van der Waals surface area contributed by atoms with E-state index in [1.807, 2.05) is 0 Å². The number of alkyl halides is 1. The van der Waals surface area contributed by atoms with Gasteiger partial charge < -0.3 is 4.74 Å². The molecule has 0 saturated heterocycles. The molecule has 1 aromatic rings. The molecule has 1 aromatic carbocycles. The third-order valence-corrected chi connectivity index (χ3v) is 3.33. The van der Waals surface area contributed by atoms with E-state index in [0.29, 0.717) is 6.42 Å². The van der Waals surface area contributed by atoms with Crippen LogP contribution in [0.15, 0.2) is 24.3 Å². The standard InChI is InChI=1S/C14H19ClO2/c1-3-13(15)12-9-7-11(8-10-12)5-4-6-14(16)17-2/h7-10,13H,3-6H2,1-2H3. The molecule has 3 heteroatoms. The van der Waals surface area contributed by atoms with Crippen molar-refractivity contribution in [2.45, 2.75) is 38.0 Å². The van der Waals surface area contributed by atoms with Crippen LogP contribution in [0.25, 0.3) is 0 Å². The number of carbonyl (C=O) groups excluding carboxylic acids is 1. The summed E-state index contributed by atoms with van der Waals surface area (Å²) in [6, 6.07) is 8.29. The average molecular weight is 255 g/mol. The van der Waals surface area contributed by atoms with E-state index in [1.165, 1.54) is 12.7 Å². The van der Waals surface area contributed by atoms with E-state index in [-0.39, 0.29) is 11.3 Å². The largest absolute Gasteiger partial charge is 0.469 e. The summed E-state index contributed by atoms with van der Waals surface area (Å²) in [5.74, 6) is -0.145. The van der Waals surface area contributed by atoms with Gasteiger partial charge in [0.1, 0.15) is 0 Å². The van der Waals surface area contributed by atoms with Gasteiger partial charge in [0.05, 0.1) is 12.5 Å². The summed E-state index contributed by atoms with van der Waals surface area (Å²) in [5, 5.41) is 0.0964. The summed E-state index contributed by atoms with van der Waals surface area (Å²) in [4.78, 5) is 10.9. The van der Waals surface area contributed by atoms with Gasteiger partial charge in [-0.05, 0) is 30.4 Å². The van der Waals surface area contributed by atoms with E-state index >= 15 is 0 Å². The Hall–Kier alpha value is -1.02. The second-order valence-corrected chi connectivity index (χ2v) is 4.57. The molecule has 0 aromatic heterocycles. The van der Waals surface area contributed by atoms with Crippen LogP contribution in [0, 0.1) is 0 Å². The van der Waals surface area contributed by atoms with Gasteiger partial charge in [-0.15, -0.1) is 11.6 Å². The van der Waals surface area contributed by atoms with Gasteiger partial charge in [-0.1, -0.05) is 31.2 Å². The minimum atomic E-state index is -0.145. The predicted octanol–water partition coefficient (Wildman–Crippen LogP) is 3.87. The summed E-state index contributed by atoms with van der Waals surface area (Å²) >= 11 is 6.15. The Morgan fingerprint density at radius 3 is 2.53 bits per heavy atom. The highest BCUT2D eigenvalue weighted by Crippen LogP contribution is 2.23. The fourth-order valence-electron chi connectivity index (χ4n) is 1.67. The van der Waals surface area contributed by atoms with Gasteiger partial charge in [0.2, 0.25) is 0 Å². The monoisotopic (exact) mass is 254 g/mol. The first-order chi connectivity index (χ1) is 8.17. The second kappa shape index (κ2) is 7.33. The van der Waals surface area contributed by atoms with E-state index < -0.39 is 0 Å². The number of halogens is 1. The number of hydrogen-bond donors (Lipinski definition) is 0. The zero-order valence-electron chi connectivity index (χ0n) is 10.4. The van der Waals surface area contributed by atoms with Crippen LogP contribution in [0.2, 0.25) is 0 Å². The molecule has 0 aliphatic heterocycles. The van der Waals surface area contributed by atoms with Crippen molar-refractivity contribution in [2.24, 2.45) is 0 Å². The van der Waals surface area contributed by atoms with Crippen LogP contribution in [0.1, 0.15) is 42.7 Å². The van der Waals surface area contributed by atoms with Gasteiger partial charge in [-0.3, -0.25) is 4.79 Å². The fraction of sp³-hybridized carbons (Fsp3) is 0.500. The maximum atomic E-state index is 10.9. The number of rotatable bonds is 6. The lowest BCUT2D eigenvalue weighted by Crippen LogP contribution is -2.00. The van der Waals surface area contributed by atoms with Gasteiger partial charge in [-0.25, -0.2) is 0 Å².